The van der Waals surface area contributed by atoms with Gasteiger partial charge in [-0.2, -0.15) is 0 Å². The van der Waals surface area contributed by atoms with Gasteiger partial charge in [-0.15, -0.1) is 11.3 Å². The zero-order chi connectivity index (χ0) is 13.2. The van der Waals surface area contributed by atoms with E-state index in [1.807, 2.05) is 0 Å². The van der Waals surface area contributed by atoms with Crippen molar-refractivity contribution in [3.8, 4) is 0 Å². The molecule has 1 saturated heterocycles. The average Bonchev–Trinajstić information content (AvgIpc) is 2.76. The Hall–Kier alpha value is -0.500. The molecule has 18 heavy (non-hydrogen) atoms. The van der Waals surface area contributed by atoms with Crippen molar-refractivity contribution in [3.05, 3.63) is 11.2 Å². The van der Waals surface area contributed by atoms with Crippen LogP contribution in [0.25, 0.3) is 0 Å². The van der Waals surface area contributed by atoms with E-state index >= 15 is 0 Å². The molecule has 0 unspecified atom stereocenters. The molecule has 1 aliphatic rings. The first-order valence-electron chi connectivity index (χ1n) is 6.04. The van der Waals surface area contributed by atoms with Crippen molar-refractivity contribution < 1.29 is 8.42 Å². The van der Waals surface area contributed by atoms with Gasteiger partial charge in [0, 0.05) is 6.54 Å². The van der Waals surface area contributed by atoms with Gasteiger partial charge in [-0.3, -0.25) is 0 Å². The summed E-state index contributed by atoms with van der Waals surface area (Å²) in [5.41, 5.74) is 0.0536. The Labute approximate surface area is 112 Å². The number of thiazole rings is 1. The van der Waals surface area contributed by atoms with Gasteiger partial charge in [0.15, 0.2) is 4.21 Å². The fraction of sp³-hybridized carbons (Fsp3) is 0.727. The van der Waals surface area contributed by atoms with E-state index in [2.05, 4.69) is 21.9 Å². The number of hydrogen-bond acceptors (Lipinski definition) is 5. The maximum absolute atomic E-state index is 12.1. The minimum absolute atomic E-state index is 0.0536. The molecule has 0 saturated carbocycles. The van der Waals surface area contributed by atoms with E-state index in [1.165, 1.54) is 17.5 Å². The number of aromatic nitrogens is 1. The second kappa shape index (κ2) is 5.24. The fourth-order valence-corrected chi connectivity index (χ4v) is 4.37. The highest BCUT2D eigenvalue weighted by Gasteiger charge is 2.29. The molecule has 0 radical (unpaired) electrons. The van der Waals surface area contributed by atoms with E-state index in [1.54, 1.807) is 6.92 Å². The fourth-order valence-electron chi connectivity index (χ4n) is 2.01. The van der Waals surface area contributed by atoms with Gasteiger partial charge in [-0.05, 0) is 38.3 Å². The molecular weight excluding hydrogens is 270 g/mol. The largest absolute Gasteiger partial charge is 0.317 e. The molecule has 0 spiro atoms. The van der Waals surface area contributed by atoms with Crippen molar-refractivity contribution in [2.24, 2.45) is 5.41 Å². The summed E-state index contributed by atoms with van der Waals surface area (Å²) in [4.78, 5) is 3.98. The molecule has 102 valence electrons. The van der Waals surface area contributed by atoms with Crippen LogP contribution in [-0.4, -0.2) is 33.0 Å². The molecule has 5 nitrogen and oxygen atoms in total. The third-order valence-corrected chi connectivity index (χ3v) is 6.14. The van der Waals surface area contributed by atoms with E-state index in [9.17, 15) is 8.42 Å². The van der Waals surface area contributed by atoms with E-state index in [0.717, 1.165) is 30.9 Å². The lowest BCUT2D eigenvalue weighted by atomic mass is 9.81. The lowest BCUT2D eigenvalue weighted by Gasteiger charge is -2.33. The normalized spacial score (nSPS) is 19.9. The van der Waals surface area contributed by atoms with Crippen molar-refractivity contribution in [2.75, 3.05) is 19.6 Å². The van der Waals surface area contributed by atoms with Crippen LogP contribution in [0, 0.1) is 12.3 Å². The number of aryl methyl sites for hydroxylation is 1. The van der Waals surface area contributed by atoms with E-state index in [-0.39, 0.29) is 5.41 Å². The lowest BCUT2D eigenvalue weighted by molar-refractivity contribution is 0.232. The molecule has 1 aliphatic heterocycles. The Bertz CT molecular complexity index is 504. The number of sulfonamides is 1. The van der Waals surface area contributed by atoms with Crippen LogP contribution in [-0.2, 0) is 10.0 Å². The third kappa shape index (κ3) is 3.28. The van der Waals surface area contributed by atoms with Gasteiger partial charge in [0.05, 0.1) is 11.2 Å². The Kier molecular flexibility index (Phi) is 4.05. The maximum Gasteiger partial charge on any atom is 0.251 e. The molecule has 1 fully saturated rings. The predicted octanol–water partition coefficient (Wildman–Crippen LogP) is 1.12. The molecule has 1 aromatic heterocycles. The Morgan fingerprint density at radius 1 is 1.50 bits per heavy atom. The van der Waals surface area contributed by atoms with Gasteiger partial charge in [0.2, 0.25) is 0 Å². The Morgan fingerprint density at radius 3 is 2.72 bits per heavy atom. The van der Waals surface area contributed by atoms with E-state index in [4.69, 9.17) is 0 Å². The van der Waals surface area contributed by atoms with Gasteiger partial charge < -0.3 is 5.32 Å². The molecule has 7 heteroatoms. The zero-order valence-electron chi connectivity index (χ0n) is 10.7. The highest BCUT2D eigenvalue weighted by Crippen LogP contribution is 2.27. The molecule has 2 rings (SSSR count). The summed E-state index contributed by atoms with van der Waals surface area (Å²) in [6.07, 6.45) is 3.42. The zero-order valence-corrected chi connectivity index (χ0v) is 12.3. The van der Waals surface area contributed by atoms with E-state index < -0.39 is 10.0 Å². The number of nitrogens with one attached hydrogen (secondary N) is 2. The number of nitrogens with zero attached hydrogens (tertiary/aromatic N) is 1. The van der Waals surface area contributed by atoms with Crippen LogP contribution in [0.1, 0.15) is 24.8 Å². The molecule has 0 aromatic carbocycles. The van der Waals surface area contributed by atoms with Crippen LogP contribution in [0.2, 0.25) is 0 Å². The standard InChI is InChI=1S/C11H19N3O2S2/c1-9-13-7-10(17-9)18(15,16)14-8-11(2)3-5-12-6-4-11/h7,12,14H,3-6,8H2,1-2H3. The van der Waals surface area contributed by atoms with Crippen LogP contribution in [0.5, 0.6) is 0 Å². The molecule has 0 bridgehead atoms. The minimum atomic E-state index is -3.39. The van der Waals surface area contributed by atoms with Gasteiger partial charge in [0.1, 0.15) is 0 Å². The smallest absolute Gasteiger partial charge is 0.251 e. The number of hydrogen-bond donors (Lipinski definition) is 2. The van der Waals surface area contributed by atoms with Crippen LogP contribution < -0.4 is 10.0 Å². The molecule has 0 amide bonds. The summed E-state index contributed by atoms with van der Waals surface area (Å²) < 4.78 is 27.2. The van der Waals surface area contributed by atoms with Gasteiger partial charge in [-0.1, -0.05) is 6.92 Å². The summed E-state index contributed by atoms with van der Waals surface area (Å²) >= 11 is 1.21. The van der Waals surface area contributed by atoms with Gasteiger partial charge in [-0.25, -0.2) is 18.1 Å². The summed E-state index contributed by atoms with van der Waals surface area (Å²) in [5, 5.41) is 4.05. The summed E-state index contributed by atoms with van der Waals surface area (Å²) in [6, 6.07) is 0. The molecule has 1 aromatic rings. The topological polar surface area (TPSA) is 71.1 Å². The monoisotopic (exact) mass is 289 g/mol. The van der Waals surface area contributed by atoms with E-state index in [0.29, 0.717) is 10.8 Å². The van der Waals surface area contributed by atoms with Crippen LogP contribution in [0.15, 0.2) is 10.4 Å². The first kappa shape index (κ1) is 13.9. The number of piperidine rings is 1. The molecular formula is C11H19N3O2S2. The van der Waals surface area contributed by atoms with Crippen molar-refractivity contribution in [1.82, 2.24) is 15.0 Å². The van der Waals surface area contributed by atoms with Crippen molar-refractivity contribution in [1.29, 1.82) is 0 Å². The van der Waals surface area contributed by atoms with Crippen molar-refractivity contribution >= 4 is 21.4 Å². The van der Waals surface area contributed by atoms with Crippen LogP contribution in [0.4, 0.5) is 0 Å². The SMILES string of the molecule is Cc1ncc(S(=O)(=O)NCC2(C)CCNCC2)s1. The number of rotatable bonds is 4. The molecule has 2 heterocycles. The quantitative estimate of drug-likeness (QED) is 0.871. The second-order valence-corrected chi connectivity index (χ2v) is 8.31. The van der Waals surface area contributed by atoms with Crippen molar-refractivity contribution in [3.63, 3.8) is 0 Å². The second-order valence-electron chi connectivity index (χ2n) is 5.08. The van der Waals surface area contributed by atoms with Gasteiger partial charge >= 0.3 is 0 Å². The van der Waals surface area contributed by atoms with Crippen molar-refractivity contribution in [2.45, 2.75) is 30.9 Å². The van der Waals surface area contributed by atoms with Gasteiger partial charge in [0.25, 0.3) is 10.0 Å². The highest BCUT2D eigenvalue weighted by molar-refractivity contribution is 7.91. The van der Waals surface area contributed by atoms with Crippen LogP contribution in [0.3, 0.4) is 0 Å². The maximum atomic E-state index is 12.1. The third-order valence-electron chi connectivity index (χ3n) is 3.36. The summed E-state index contributed by atoms with van der Waals surface area (Å²) in [6.45, 7) is 6.34. The predicted molar refractivity (Wildman–Crippen MR) is 72.3 cm³/mol. The molecule has 0 atom stereocenters. The Balaban J connectivity index is 2.01. The highest BCUT2D eigenvalue weighted by atomic mass is 32.2. The Morgan fingerprint density at radius 2 is 2.17 bits per heavy atom. The summed E-state index contributed by atoms with van der Waals surface area (Å²) in [5.74, 6) is 0. The molecule has 2 N–H and O–H groups in total. The summed E-state index contributed by atoms with van der Waals surface area (Å²) in [7, 11) is -3.39. The van der Waals surface area contributed by atoms with Crippen LogP contribution >= 0.6 is 11.3 Å². The first-order valence-corrected chi connectivity index (χ1v) is 8.34. The minimum Gasteiger partial charge on any atom is -0.317 e. The average molecular weight is 289 g/mol. The first-order chi connectivity index (χ1) is 8.41. The lowest BCUT2D eigenvalue weighted by Crippen LogP contribution is -2.42. The molecule has 0 aliphatic carbocycles.